The number of nitrogens with zero attached hydrogens (tertiary/aromatic N) is 1. The first-order chi connectivity index (χ1) is 16.1. The number of hydrogen-bond donors (Lipinski definition) is 1. The first-order valence-electron chi connectivity index (χ1n) is 11.3. The largest absolute Gasteiger partial charge is 0.488 e. The van der Waals surface area contributed by atoms with Gasteiger partial charge in [0.2, 0.25) is 0 Å². The molecule has 1 aliphatic carbocycles. The molecule has 166 valence electrons. The number of anilines is 1. The first-order valence-corrected chi connectivity index (χ1v) is 11.7. The summed E-state index contributed by atoms with van der Waals surface area (Å²) in [6.07, 6.45) is 9.34. The number of ether oxygens (including phenoxy) is 1. The summed E-state index contributed by atoms with van der Waals surface area (Å²) in [4.78, 5) is 4.63. The van der Waals surface area contributed by atoms with Gasteiger partial charge in [0.15, 0.2) is 0 Å². The molecule has 0 unspecified atom stereocenters. The van der Waals surface area contributed by atoms with E-state index in [0.717, 1.165) is 17.7 Å². The van der Waals surface area contributed by atoms with Crippen LogP contribution in [-0.4, -0.2) is 12.8 Å². The Morgan fingerprint density at radius 3 is 2.76 bits per heavy atom. The van der Waals surface area contributed by atoms with Crippen molar-refractivity contribution in [3.05, 3.63) is 113 Å². The summed E-state index contributed by atoms with van der Waals surface area (Å²) < 4.78 is 5.53. The molecule has 2 aliphatic rings. The SMILES string of the molecule is C=CCOc1ccc(C=Nc2ccc([C@@H]3Nc4ccc(C)cc4[C@@H]4C=CC[C@@H]43)cc2)cc1Cl. The summed E-state index contributed by atoms with van der Waals surface area (Å²) in [6, 6.07) is 21.2. The van der Waals surface area contributed by atoms with Crippen LogP contribution in [-0.2, 0) is 0 Å². The Morgan fingerprint density at radius 2 is 1.97 bits per heavy atom. The Bertz CT molecular complexity index is 1230. The molecule has 1 heterocycles. The molecule has 4 heteroatoms. The second-order valence-corrected chi connectivity index (χ2v) is 9.11. The van der Waals surface area contributed by atoms with Crippen molar-refractivity contribution in [3.63, 3.8) is 0 Å². The van der Waals surface area contributed by atoms with Crippen molar-refractivity contribution < 1.29 is 4.74 Å². The Balaban J connectivity index is 1.32. The molecular formula is C29H27ClN2O. The summed E-state index contributed by atoms with van der Waals surface area (Å²) in [6.45, 7) is 6.25. The third-order valence-electron chi connectivity index (χ3n) is 6.45. The lowest BCUT2D eigenvalue weighted by Crippen LogP contribution is -2.29. The van der Waals surface area contributed by atoms with E-state index in [9.17, 15) is 0 Å². The minimum absolute atomic E-state index is 0.292. The van der Waals surface area contributed by atoms with E-state index in [0.29, 0.717) is 35.3 Å². The molecule has 0 saturated heterocycles. The molecule has 0 spiro atoms. The average molecular weight is 455 g/mol. The van der Waals surface area contributed by atoms with Gasteiger partial charge in [-0.3, -0.25) is 4.99 Å². The fourth-order valence-corrected chi connectivity index (χ4v) is 5.07. The van der Waals surface area contributed by atoms with Crippen molar-refractivity contribution >= 4 is 29.2 Å². The first kappa shape index (κ1) is 21.5. The van der Waals surface area contributed by atoms with E-state index in [4.69, 9.17) is 16.3 Å². The lowest BCUT2D eigenvalue weighted by molar-refractivity contribution is 0.363. The van der Waals surface area contributed by atoms with Gasteiger partial charge < -0.3 is 10.1 Å². The molecule has 3 atom stereocenters. The fourth-order valence-electron chi connectivity index (χ4n) is 4.82. The van der Waals surface area contributed by atoms with Crippen molar-refractivity contribution in [2.45, 2.75) is 25.3 Å². The second kappa shape index (κ2) is 9.29. The highest BCUT2D eigenvalue weighted by Crippen LogP contribution is 2.50. The predicted molar refractivity (Wildman–Crippen MR) is 138 cm³/mol. The van der Waals surface area contributed by atoms with Gasteiger partial charge in [-0.1, -0.05) is 66.2 Å². The lowest BCUT2D eigenvalue weighted by atomic mass is 9.76. The molecule has 1 N–H and O–H groups in total. The zero-order valence-electron chi connectivity index (χ0n) is 18.7. The van der Waals surface area contributed by atoms with Crippen molar-refractivity contribution in [1.82, 2.24) is 0 Å². The average Bonchev–Trinajstić information content (AvgIpc) is 3.33. The quantitative estimate of drug-likeness (QED) is 0.304. The van der Waals surface area contributed by atoms with Crippen LogP contribution < -0.4 is 10.1 Å². The molecule has 5 rings (SSSR count). The van der Waals surface area contributed by atoms with Crippen LogP contribution in [0.3, 0.4) is 0 Å². The van der Waals surface area contributed by atoms with Gasteiger partial charge in [-0.25, -0.2) is 0 Å². The van der Waals surface area contributed by atoms with E-state index in [1.807, 2.05) is 24.4 Å². The minimum atomic E-state index is 0.292. The Hall–Kier alpha value is -3.30. The Morgan fingerprint density at radius 1 is 1.12 bits per heavy atom. The van der Waals surface area contributed by atoms with Crippen LogP contribution in [0.1, 0.15) is 40.6 Å². The van der Waals surface area contributed by atoms with Crippen LogP contribution in [0.5, 0.6) is 5.75 Å². The summed E-state index contributed by atoms with van der Waals surface area (Å²) in [5.41, 5.74) is 7.12. The van der Waals surface area contributed by atoms with Gasteiger partial charge in [-0.15, -0.1) is 0 Å². The Labute approximate surface area is 200 Å². The summed E-state index contributed by atoms with van der Waals surface area (Å²) in [5.74, 6) is 1.67. The van der Waals surface area contributed by atoms with Gasteiger partial charge in [0.25, 0.3) is 0 Å². The van der Waals surface area contributed by atoms with Crippen molar-refractivity contribution in [2.24, 2.45) is 10.9 Å². The van der Waals surface area contributed by atoms with E-state index < -0.39 is 0 Å². The number of aryl methyl sites for hydroxylation is 1. The van der Waals surface area contributed by atoms with Gasteiger partial charge in [0, 0.05) is 17.8 Å². The third kappa shape index (κ3) is 4.46. The topological polar surface area (TPSA) is 33.6 Å². The number of halogens is 1. The van der Waals surface area contributed by atoms with Crippen LogP contribution in [0.15, 0.2) is 90.5 Å². The maximum atomic E-state index is 6.31. The molecule has 3 aromatic carbocycles. The molecule has 33 heavy (non-hydrogen) atoms. The molecule has 3 nitrogen and oxygen atoms in total. The summed E-state index contributed by atoms with van der Waals surface area (Å²) in [7, 11) is 0. The van der Waals surface area contributed by atoms with Crippen LogP contribution in [0.2, 0.25) is 5.02 Å². The van der Waals surface area contributed by atoms with Crippen LogP contribution in [0.4, 0.5) is 11.4 Å². The number of aliphatic imine (C=N–C) groups is 1. The molecule has 0 bridgehead atoms. The second-order valence-electron chi connectivity index (χ2n) is 8.71. The molecule has 3 aromatic rings. The zero-order valence-corrected chi connectivity index (χ0v) is 19.4. The fraction of sp³-hybridized carbons (Fsp3) is 0.207. The van der Waals surface area contributed by atoms with E-state index in [1.54, 1.807) is 6.08 Å². The molecular weight excluding hydrogens is 428 g/mol. The molecule has 0 saturated carbocycles. The molecule has 1 aliphatic heterocycles. The lowest BCUT2D eigenvalue weighted by Gasteiger charge is -2.37. The van der Waals surface area contributed by atoms with E-state index in [-0.39, 0.29) is 0 Å². The summed E-state index contributed by atoms with van der Waals surface area (Å²) >= 11 is 6.31. The molecule has 0 fully saturated rings. The number of allylic oxidation sites excluding steroid dienone is 2. The monoisotopic (exact) mass is 454 g/mol. The van der Waals surface area contributed by atoms with Gasteiger partial charge >= 0.3 is 0 Å². The van der Waals surface area contributed by atoms with Crippen LogP contribution >= 0.6 is 11.6 Å². The van der Waals surface area contributed by atoms with Crippen LogP contribution in [0.25, 0.3) is 0 Å². The number of rotatable bonds is 6. The zero-order chi connectivity index (χ0) is 22.8. The highest BCUT2D eigenvalue weighted by atomic mass is 35.5. The maximum absolute atomic E-state index is 6.31. The molecule has 0 amide bonds. The summed E-state index contributed by atoms with van der Waals surface area (Å²) in [5, 5.41) is 4.37. The van der Waals surface area contributed by atoms with E-state index in [2.05, 4.69) is 78.4 Å². The minimum Gasteiger partial charge on any atom is -0.488 e. The van der Waals surface area contributed by atoms with E-state index in [1.165, 1.54) is 22.4 Å². The number of nitrogens with one attached hydrogen (secondary N) is 1. The van der Waals surface area contributed by atoms with Crippen LogP contribution in [0, 0.1) is 12.8 Å². The van der Waals surface area contributed by atoms with Crippen molar-refractivity contribution in [3.8, 4) is 5.75 Å². The predicted octanol–water partition coefficient (Wildman–Crippen LogP) is 7.79. The van der Waals surface area contributed by atoms with Crippen molar-refractivity contribution in [2.75, 3.05) is 11.9 Å². The number of fused-ring (bicyclic) bond motifs is 3. The molecule has 0 aromatic heterocycles. The standard InChI is InChI=1S/C29H27ClN2O/c1-3-15-33-28-14-8-20(17-26(28)30)18-31-22-11-9-21(10-12-22)29-24-6-4-5-23(24)25-16-19(2)7-13-27(25)32-29/h3-5,7-14,16-18,23-24,29,32H,1,6,15H2,2H3/t23-,24+,29+/m1/s1. The molecule has 0 radical (unpaired) electrons. The number of benzene rings is 3. The highest BCUT2D eigenvalue weighted by Gasteiger charge is 2.37. The van der Waals surface area contributed by atoms with Gasteiger partial charge in [0.1, 0.15) is 12.4 Å². The van der Waals surface area contributed by atoms with Gasteiger partial charge in [-0.2, -0.15) is 0 Å². The number of hydrogen-bond acceptors (Lipinski definition) is 3. The van der Waals surface area contributed by atoms with Gasteiger partial charge in [0.05, 0.1) is 16.8 Å². The Kier molecular flexibility index (Phi) is 6.06. The smallest absolute Gasteiger partial charge is 0.138 e. The van der Waals surface area contributed by atoms with E-state index >= 15 is 0 Å². The van der Waals surface area contributed by atoms with Gasteiger partial charge in [-0.05, 0) is 72.4 Å². The third-order valence-corrected chi connectivity index (χ3v) is 6.74. The maximum Gasteiger partial charge on any atom is 0.138 e. The highest BCUT2D eigenvalue weighted by molar-refractivity contribution is 6.32. The normalized spacial score (nSPS) is 20.8. The van der Waals surface area contributed by atoms with Crippen molar-refractivity contribution in [1.29, 1.82) is 0 Å².